The molecule has 0 saturated carbocycles. The molecule has 0 radical (unpaired) electrons. The van der Waals surface area contributed by atoms with Crippen molar-refractivity contribution in [1.29, 1.82) is 0 Å². The lowest BCUT2D eigenvalue weighted by Crippen LogP contribution is -2.04. The molecule has 1 heterocycles. The van der Waals surface area contributed by atoms with Crippen LogP contribution >= 0.6 is 23.7 Å². The van der Waals surface area contributed by atoms with Crippen LogP contribution in [0.2, 0.25) is 0 Å². The van der Waals surface area contributed by atoms with E-state index in [1.165, 1.54) is 11.3 Å². The molecule has 7 heteroatoms. The van der Waals surface area contributed by atoms with Crippen molar-refractivity contribution in [2.45, 2.75) is 26.3 Å². The number of nitrogens with zero attached hydrogens (tertiary/aromatic N) is 2. The third-order valence-corrected chi connectivity index (χ3v) is 2.54. The molecule has 0 aliphatic rings. The standard InChI is InChI=1S/C8H13N3O2S.ClH/c1-2-13-8(12)4-3-6-10-11-7(5-9)14-6;/h2-5,9H2,1H3;1H. The van der Waals surface area contributed by atoms with Crippen molar-refractivity contribution in [1.82, 2.24) is 10.2 Å². The van der Waals surface area contributed by atoms with E-state index in [2.05, 4.69) is 10.2 Å². The fourth-order valence-corrected chi connectivity index (χ4v) is 1.64. The number of aryl methyl sites for hydroxylation is 1. The van der Waals surface area contributed by atoms with Crippen molar-refractivity contribution in [3.63, 3.8) is 0 Å². The predicted octanol–water partition coefficient (Wildman–Crippen LogP) is 0.914. The van der Waals surface area contributed by atoms with E-state index in [-0.39, 0.29) is 18.4 Å². The molecule has 1 aromatic rings. The summed E-state index contributed by atoms with van der Waals surface area (Å²) in [6.45, 7) is 2.61. The van der Waals surface area contributed by atoms with Crippen LogP contribution in [0.4, 0.5) is 0 Å². The molecule has 15 heavy (non-hydrogen) atoms. The van der Waals surface area contributed by atoms with Gasteiger partial charge in [0.2, 0.25) is 0 Å². The quantitative estimate of drug-likeness (QED) is 0.788. The number of aromatic nitrogens is 2. The number of nitrogens with two attached hydrogens (primary N) is 1. The van der Waals surface area contributed by atoms with Gasteiger partial charge in [0.1, 0.15) is 10.0 Å². The van der Waals surface area contributed by atoms with Gasteiger partial charge in [-0.25, -0.2) is 0 Å². The van der Waals surface area contributed by atoms with Gasteiger partial charge < -0.3 is 10.5 Å². The van der Waals surface area contributed by atoms with Crippen molar-refractivity contribution in [3.8, 4) is 0 Å². The first-order valence-electron chi connectivity index (χ1n) is 4.43. The number of hydrogen-bond donors (Lipinski definition) is 1. The summed E-state index contributed by atoms with van der Waals surface area (Å²) in [7, 11) is 0. The zero-order chi connectivity index (χ0) is 10.4. The molecule has 1 aromatic heterocycles. The Morgan fingerprint density at radius 3 is 2.67 bits per heavy atom. The van der Waals surface area contributed by atoms with Crippen LogP contribution in [0.15, 0.2) is 0 Å². The molecule has 0 aliphatic heterocycles. The maximum Gasteiger partial charge on any atom is 0.306 e. The lowest BCUT2D eigenvalue weighted by Gasteiger charge is -1.98. The molecule has 0 fully saturated rings. The summed E-state index contributed by atoms with van der Waals surface area (Å²) in [6, 6.07) is 0. The fraction of sp³-hybridized carbons (Fsp3) is 0.625. The Balaban J connectivity index is 0.00000196. The van der Waals surface area contributed by atoms with Crippen molar-refractivity contribution < 1.29 is 9.53 Å². The minimum atomic E-state index is -0.197. The van der Waals surface area contributed by atoms with Gasteiger partial charge in [-0.05, 0) is 6.92 Å². The van der Waals surface area contributed by atoms with Gasteiger partial charge in [0.25, 0.3) is 0 Å². The Morgan fingerprint density at radius 2 is 2.13 bits per heavy atom. The van der Waals surface area contributed by atoms with Crippen LogP contribution in [0.5, 0.6) is 0 Å². The molecule has 0 bridgehead atoms. The summed E-state index contributed by atoms with van der Waals surface area (Å²) in [5.41, 5.74) is 5.38. The van der Waals surface area contributed by atoms with Crippen molar-refractivity contribution in [3.05, 3.63) is 10.0 Å². The highest BCUT2D eigenvalue weighted by atomic mass is 35.5. The number of hydrogen-bond acceptors (Lipinski definition) is 6. The first-order valence-corrected chi connectivity index (χ1v) is 5.24. The second-order valence-electron chi connectivity index (χ2n) is 2.60. The largest absolute Gasteiger partial charge is 0.466 e. The molecular weight excluding hydrogens is 238 g/mol. The van der Waals surface area contributed by atoms with Gasteiger partial charge in [0.15, 0.2) is 0 Å². The van der Waals surface area contributed by atoms with E-state index in [4.69, 9.17) is 10.5 Å². The van der Waals surface area contributed by atoms with Crippen LogP contribution in [0.25, 0.3) is 0 Å². The average molecular weight is 252 g/mol. The Bertz CT molecular complexity index is 306. The molecule has 0 amide bonds. The van der Waals surface area contributed by atoms with Crippen LogP contribution in [0, 0.1) is 0 Å². The third-order valence-electron chi connectivity index (χ3n) is 1.53. The van der Waals surface area contributed by atoms with Crippen molar-refractivity contribution in [2.24, 2.45) is 5.73 Å². The molecule has 1 rings (SSSR count). The van der Waals surface area contributed by atoms with Crippen molar-refractivity contribution in [2.75, 3.05) is 6.61 Å². The minimum absolute atomic E-state index is 0. The number of ether oxygens (including phenoxy) is 1. The first-order chi connectivity index (χ1) is 6.76. The summed E-state index contributed by atoms with van der Waals surface area (Å²) in [5.74, 6) is -0.197. The monoisotopic (exact) mass is 251 g/mol. The Labute approximate surface area is 98.4 Å². The van der Waals surface area contributed by atoms with E-state index >= 15 is 0 Å². The lowest BCUT2D eigenvalue weighted by atomic mass is 10.3. The van der Waals surface area contributed by atoms with Gasteiger partial charge in [-0.15, -0.1) is 33.9 Å². The number of rotatable bonds is 5. The highest BCUT2D eigenvalue weighted by molar-refractivity contribution is 7.11. The highest BCUT2D eigenvalue weighted by Gasteiger charge is 2.06. The summed E-state index contributed by atoms with van der Waals surface area (Å²) < 4.78 is 4.79. The number of carbonyl (C=O) groups is 1. The SMILES string of the molecule is CCOC(=O)CCc1nnc(CN)s1.Cl. The number of esters is 1. The van der Waals surface area contributed by atoms with E-state index < -0.39 is 0 Å². The first kappa shape index (κ1) is 14.3. The Morgan fingerprint density at radius 1 is 1.47 bits per heavy atom. The van der Waals surface area contributed by atoms with Crippen molar-refractivity contribution >= 4 is 29.7 Å². The van der Waals surface area contributed by atoms with Crippen LogP contribution < -0.4 is 5.73 Å². The molecule has 0 aromatic carbocycles. The predicted molar refractivity (Wildman–Crippen MR) is 60.0 cm³/mol. The topological polar surface area (TPSA) is 78.1 Å². The van der Waals surface area contributed by atoms with Gasteiger partial charge >= 0.3 is 5.97 Å². The average Bonchev–Trinajstić information content (AvgIpc) is 2.63. The Kier molecular flexibility index (Phi) is 7.19. The zero-order valence-electron chi connectivity index (χ0n) is 8.43. The summed E-state index contributed by atoms with van der Waals surface area (Å²) in [4.78, 5) is 11.0. The lowest BCUT2D eigenvalue weighted by molar-refractivity contribution is -0.143. The van der Waals surface area contributed by atoms with Gasteiger partial charge in [-0.2, -0.15) is 0 Å². The van der Waals surface area contributed by atoms with Gasteiger partial charge in [0.05, 0.1) is 13.0 Å². The smallest absolute Gasteiger partial charge is 0.306 e. The van der Waals surface area contributed by atoms with Gasteiger partial charge in [-0.1, -0.05) is 0 Å². The van der Waals surface area contributed by atoms with Crippen LogP contribution in [0.1, 0.15) is 23.4 Å². The molecule has 0 unspecified atom stereocenters. The molecule has 86 valence electrons. The van der Waals surface area contributed by atoms with E-state index in [1.807, 2.05) is 0 Å². The second-order valence-corrected chi connectivity index (χ2v) is 3.75. The van der Waals surface area contributed by atoms with E-state index in [9.17, 15) is 4.79 Å². The van der Waals surface area contributed by atoms with E-state index in [0.717, 1.165) is 10.0 Å². The third kappa shape index (κ3) is 5.06. The molecule has 0 atom stereocenters. The van der Waals surface area contributed by atoms with E-state index in [0.29, 0.717) is 26.0 Å². The highest BCUT2D eigenvalue weighted by Crippen LogP contribution is 2.10. The second kappa shape index (κ2) is 7.56. The molecule has 0 aliphatic carbocycles. The minimum Gasteiger partial charge on any atom is -0.466 e. The number of carbonyl (C=O) groups excluding carboxylic acids is 1. The maximum atomic E-state index is 11.0. The molecule has 2 N–H and O–H groups in total. The Hall–Kier alpha value is -0.720. The summed E-state index contributed by atoms with van der Waals surface area (Å²) >= 11 is 1.44. The fourth-order valence-electron chi connectivity index (χ4n) is 0.914. The maximum absolute atomic E-state index is 11.0. The molecule has 0 spiro atoms. The number of halogens is 1. The van der Waals surface area contributed by atoms with E-state index in [1.54, 1.807) is 6.92 Å². The van der Waals surface area contributed by atoms with Gasteiger partial charge in [0, 0.05) is 13.0 Å². The molecule has 0 saturated heterocycles. The van der Waals surface area contributed by atoms with Crippen LogP contribution in [-0.4, -0.2) is 22.8 Å². The summed E-state index contributed by atoms with van der Waals surface area (Å²) in [6.07, 6.45) is 0.934. The molecule has 5 nitrogen and oxygen atoms in total. The zero-order valence-corrected chi connectivity index (χ0v) is 10.1. The van der Waals surface area contributed by atoms with Crippen LogP contribution in [-0.2, 0) is 22.5 Å². The normalized spacial score (nSPS) is 9.47. The van der Waals surface area contributed by atoms with Crippen LogP contribution in [0.3, 0.4) is 0 Å². The van der Waals surface area contributed by atoms with Gasteiger partial charge in [-0.3, -0.25) is 4.79 Å². The molecular formula is C8H14ClN3O2S. The summed E-state index contributed by atoms with van der Waals surface area (Å²) in [5, 5.41) is 9.38.